The van der Waals surface area contributed by atoms with Crippen molar-refractivity contribution in [2.45, 2.75) is 40.3 Å². The summed E-state index contributed by atoms with van der Waals surface area (Å²) in [6.45, 7) is 8.13. The van der Waals surface area contributed by atoms with Crippen LogP contribution in [-0.4, -0.2) is 29.7 Å². The number of nitrogens with zero attached hydrogens (tertiary/aromatic N) is 2. The van der Waals surface area contributed by atoms with E-state index in [2.05, 4.69) is 43.5 Å². The van der Waals surface area contributed by atoms with E-state index in [1.54, 1.807) is 37.5 Å². The van der Waals surface area contributed by atoms with Gasteiger partial charge in [0.05, 0.1) is 48.7 Å². The van der Waals surface area contributed by atoms with Crippen LogP contribution in [0.15, 0.2) is 86.2 Å². The van der Waals surface area contributed by atoms with Crippen LogP contribution >= 0.6 is 49.9 Å². The number of aromatic nitrogens is 1. The monoisotopic (exact) mass is 800 g/mol. The molecule has 3 aromatic carbocycles. The third-order valence-electron chi connectivity index (χ3n) is 7.08. The Morgan fingerprint density at radius 2 is 1.67 bits per heavy atom. The predicted molar refractivity (Wildman–Crippen MR) is 185 cm³/mol. The summed E-state index contributed by atoms with van der Waals surface area (Å²) in [4.78, 5) is 44.1. The summed E-state index contributed by atoms with van der Waals surface area (Å²) in [5, 5.41) is 0. The van der Waals surface area contributed by atoms with Crippen LogP contribution in [0.25, 0.3) is 6.08 Å². The number of aryl methyl sites for hydroxylation is 1. The Labute approximate surface area is 286 Å². The van der Waals surface area contributed by atoms with Crippen LogP contribution in [0.5, 0.6) is 5.75 Å². The maximum atomic E-state index is 13.9. The number of carbonyl (C=O) groups excluding carboxylic acids is 2. The molecule has 1 aromatic heterocycles. The van der Waals surface area contributed by atoms with Gasteiger partial charge in [0.2, 0.25) is 0 Å². The van der Waals surface area contributed by atoms with Crippen LogP contribution in [0, 0.1) is 10.5 Å². The lowest BCUT2D eigenvalue weighted by Gasteiger charge is -2.24. The fourth-order valence-electron chi connectivity index (χ4n) is 4.91. The van der Waals surface area contributed by atoms with Gasteiger partial charge >= 0.3 is 11.9 Å². The van der Waals surface area contributed by atoms with E-state index in [0.717, 1.165) is 30.3 Å². The normalized spacial score (nSPS) is 14.5. The van der Waals surface area contributed by atoms with Gasteiger partial charge in [-0.05, 0) is 113 Å². The van der Waals surface area contributed by atoms with Crippen molar-refractivity contribution < 1.29 is 23.8 Å². The molecular formula is C34H30BrIN2O6S. The summed E-state index contributed by atoms with van der Waals surface area (Å²) in [5.41, 5.74) is 4.71. The summed E-state index contributed by atoms with van der Waals surface area (Å²) in [6.07, 6.45) is 1.82. The van der Waals surface area contributed by atoms with Crippen molar-refractivity contribution >= 4 is 67.9 Å². The molecule has 0 unspecified atom stereocenters. The van der Waals surface area contributed by atoms with Crippen LogP contribution in [0.4, 0.5) is 0 Å². The van der Waals surface area contributed by atoms with Crippen LogP contribution in [0.1, 0.15) is 59.4 Å². The zero-order chi connectivity index (χ0) is 32.2. The number of rotatable bonds is 9. The lowest BCUT2D eigenvalue weighted by atomic mass is 9.95. The fourth-order valence-corrected chi connectivity index (χ4v) is 7.73. The van der Waals surface area contributed by atoms with E-state index >= 15 is 0 Å². The van der Waals surface area contributed by atoms with Crippen LogP contribution in [0.3, 0.4) is 0 Å². The van der Waals surface area contributed by atoms with E-state index in [0.29, 0.717) is 45.1 Å². The largest absolute Gasteiger partial charge is 0.487 e. The van der Waals surface area contributed by atoms with Crippen molar-refractivity contribution in [1.29, 1.82) is 0 Å². The second kappa shape index (κ2) is 14.3. The summed E-state index contributed by atoms with van der Waals surface area (Å²) in [5.74, 6) is -0.175. The highest BCUT2D eigenvalue weighted by Crippen LogP contribution is 2.33. The third-order valence-corrected chi connectivity index (χ3v) is 9.45. The first-order chi connectivity index (χ1) is 21.6. The Kier molecular flexibility index (Phi) is 10.4. The van der Waals surface area contributed by atoms with Crippen molar-refractivity contribution in [3.05, 3.63) is 127 Å². The Morgan fingerprint density at radius 1 is 1.00 bits per heavy atom. The van der Waals surface area contributed by atoms with Gasteiger partial charge in [-0.2, -0.15) is 0 Å². The van der Waals surface area contributed by atoms with Gasteiger partial charge < -0.3 is 14.2 Å². The van der Waals surface area contributed by atoms with Gasteiger partial charge in [0.25, 0.3) is 5.56 Å². The van der Waals surface area contributed by atoms with Crippen molar-refractivity contribution in [3.8, 4) is 5.75 Å². The minimum absolute atomic E-state index is 0.218. The maximum absolute atomic E-state index is 13.9. The predicted octanol–water partition coefficient (Wildman–Crippen LogP) is 6.23. The van der Waals surface area contributed by atoms with Gasteiger partial charge in [0.1, 0.15) is 12.4 Å². The van der Waals surface area contributed by atoms with Crippen molar-refractivity contribution in [2.75, 3.05) is 13.2 Å². The Hall–Kier alpha value is -3.55. The summed E-state index contributed by atoms with van der Waals surface area (Å²) >= 11 is 7.12. The quantitative estimate of drug-likeness (QED) is 0.147. The topological polar surface area (TPSA) is 96.2 Å². The number of hydrogen-bond donors (Lipinski definition) is 0. The van der Waals surface area contributed by atoms with Gasteiger partial charge in [0.15, 0.2) is 4.80 Å². The molecule has 0 spiro atoms. The number of benzene rings is 3. The molecule has 1 atom stereocenters. The number of halogens is 2. The minimum atomic E-state index is -0.656. The standard InChI is InChI=1S/C34H30BrIN2O6S/c1-5-42-32(40)24-13-9-21(10-14-24)18-44-30-25(35)15-22(16-26(30)36)17-27-31(39)38-29(23-11-7-19(3)8-12-23)28(33(41)43-6-2)20(4)37-34(38)45-27/h7-17,29H,5-6,18H2,1-4H3/b27-17-/t29-/m1/s1. The Balaban J connectivity index is 1.46. The number of carbonyl (C=O) groups is 2. The number of thiazole rings is 1. The zero-order valence-electron chi connectivity index (χ0n) is 25.1. The first-order valence-corrected chi connectivity index (χ1v) is 16.9. The number of ether oxygens (including phenoxy) is 3. The van der Waals surface area contributed by atoms with Gasteiger partial charge in [-0.1, -0.05) is 53.3 Å². The maximum Gasteiger partial charge on any atom is 0.338 e. The van der Waals surface area contributed by atoms with Crippen molar-refractivity contribution in [1.82, 2.24) is 4.57 Å². The van der Waals surface area contributed by atoms with E-state index in [-0.39, 0.29) is 18.1 Å². The molecule has 0 radical (unpaired) electrons. The minimum Gasteiger partial charge on any atom is -0.487 e. The molecule has 1 aliphatic heterocycles. The number of esters is 2. The van der Waals surface area contributed by atoms with E-state index < -0.39 is 12.0 Å². The molecular weight excluding hydrogens is 771 g/mol. The average molecular weight is 801 g/mol. The van der Waals surface area contributed by atoms with E-state index in [4.69, 9.17) is 14.2 Å². The molecule has 0 saturated carbocycles. The lowest BCUT2D eigenvalue weighted by Crippen LogP contribution is -2.39. The van der Waals surface area contributed by atoms with Crippen LogP contribution in [-0.2, 0) is 20.9 Å². The highest BCUT2D eigenvalue weighted by atomic mass is 127. The molecule has 0 aliphatic carbocycles. The highest BCUT2D eigenvalue weighted by molar-refractivity contribution is 14.1. The molecule has 2 heterocycles. The summed E-state index contributed by atoms with van der Waals surface area (Å²) in [6, 6.07) is 18.1. The van der Waals surface area contributed by atoms with E-state index in [1.807, 2.05) is 61.5 Å². The molecule has 0 amide bonds. The fraction of sp³-hybridized carbons (Fsp3) is 0.235. The molecule has 0 N–H and O–H groups in total. The van der Waals surface area contributed by atoms with Gasteiger partial charge in [-0.15, -0.1) is 0 Å². The van der Waals surface area contributed by atoms with Crippen LogP contribution in [0.2, 0.25) is 0 Å². The average Bonchev–Trinajstić information content (AvgIpc) is 3.30. The SMILES string of the molecule is CCOC(=O)C1=C(C)N=c2s/c(=C\c3cc(Br)c(OCc4ccc(C(=O)OCC)cc4)c(I)c3)c(=O)n2[C@@H]1c1ccc(C)cc1. The van der Waals surface area contributed by atoms with Gasteiger partial charge in [-0.25, -0.2) is 14.6 Å². The van der Waals surface area contributed by atoms with E-state index in [1.165, 1.54) is 11.3 Å². The first kappa shape index (κ1) is 32.8. The number of allylic oxidation sites excluding steroid dienone is 1. The Bertz CT molecular complexity index is 1960. The third kappa shape index (κ3) is 7.15. The molecule has 1 aliphatic rings. The molecule has 232 valence electrons. The number of fused-ring (bicyclic) bond motifs is 1. The second-order valence-corrected chi connectivity index (χ2v) is 13.3. The molecule has 8 nitrogen and oxygen atoms in total. The lowest BCUT2D eigenvalue weighted by molar-refractivity contribution is -0.139. The van der Waals surface area contributed by atoms with Crippen LogP contribution < -0.4 is 19.6 Å². The highest BCUT2D eigenvalue weighted by Gasteiger charge is 2.33. The zero-order valence-corrected chi connectivity index (χ0v) is 29.6. The van der Waals surface area contributed by atoms with Gasteiger partial charge in [-0.3, -0.25) is 9.36 Å². The molecule has 0 bridgehead atoms. The van der Waals surface area contributed by atoms with Crippen molar-refractivity contribution in [3.63, 3.8) is 0 Å². The van der Waals surface area contributed by atoms with Crippen molar-refractivity contribution in [2.24, 2.45) is 4.99 Å². The molecule has 5 rings (SSSR count). The van der Waals surface area contributed by atoms with E-state index in [9.17, 15) is 14.4 Å². The first-order valence-electron chi connectivity index (χ1n) is 14.2. The second-order valence-electron chi connectivity index (χ2n) is 10.2. The summed E-state index contributed by atoms with van der Waals surface area (Å²) in [7, 11) is 0. The molecule has 45 heavy (non-hydrogen) atoms. The molecule has 0 saturated heterocycles. The molecule has 4 aromatic rings. The Morgan fingerprint density at radius 3 is 2.31 bits per heavy atom. The molecule has 0 fully saturated rings. The van der Waals surface area contributed by atoms with Gasteiger partial charge in [0, 0.05) is 0 Å². The smallest absolute Gasteiger partial charge is 0.338 e. The molecule has 11 heteroatoms. The number of hydrogen-bond acceptors (Lipinski definition) is 8. The summed E-state index contributed by atoms with van der Waals surface area (Å²) < 4.78 is 20.2.